The largest absolute Gasteiger partial charge is 0.462 e. The summed E-state index contributed by atoms with van der Waals surface area (Å²) in [7, 11) is 0. The third-order valence-corrected chi connectivity index (χ3v) is 12.2. The number of hydrogen-bond acceptors (Lipinski definition) is 6. The van der Waals surface area contributed by atoms with Crippen molar-refractivity contribution in [1.82, 2.24) is 0 Å². The first-order chi connectivity index (χ1) is 35.0. The highest BCUT2D eigenvalue weighted by Gasteiger charge is 2.19. The Labute approximate surface area is 438 Å². The van der Waals surface area contributed by atoms with Crippen LogP contribution in [0.2, 0.25) is 0 Å². The zero-order chi connectivity index (χ0) is 51.4. The van der Waals surface area contributed by atoms with Crippen LogP contribution in [0.4, 0.5) is 0 Å². The summed E-state index contributed by atoms with van der Waals surface area (Å²) >= 11 is 0. The van der Waals surface area contributed by atoms with Gasteiger partial charge in [0.2, 0.25) is 0 Å². The molecule has 0 aliphatic rings. The van der Waals surface area contributed by atoms with E-state index in [1.165, 1.54) is 77.0 Å². The molecule has 6 nitrogen and oxygen atoms in total. The first kappa shape index (κ1) is 67.1. The zero-order valence-corrected chi connectivity index (χ0v) is 46.2. The van der Waals surface area contributed by atoms with Gasteiger partial charge in [-0.3, -0.25) is 14.4 Å². The minimum Gasteiger partial charge on any atom is -0.462 e. The lowest BCUT2D eigenvalue weighted by molar-refractivity contribution is -0.167. The molecule has 0 aromatic carbocycles. The molecule has 6 heteroatoms. The molecular formula is C65H108O6. The van der Waals surface area contributed by atoms with Gasteiger partial charge in [-0.05, 0) is 122 Å². The molecule has 0 spiro atoms. The van der Waals surface area contributed by atoms with Gasteiger partial charge in [-0.15, -0.1) is 0 Å². The van der Waals surface area contributed by atoms with Gasteiger partial charge in [-0.25, -0.2) is 0 Å². The van der Waals surface area contributed by atoms with Crippen LogP contribution in [0.5, 0.6) is 0 Å². The first-order valence-corrected chi connectivity index (χ1v) is 29.4. The Balaban J connectivity index is 4.42. The van der Waals surface area contributed by atoms with Gasteiger partial charge in [0, 0.05) is 19.3 Å². The summed E-state index contributed by atoms with van der Waals surface area (Å²) in [5, 5.41) is 0. The fourth-order valence-corrected chi connectivity index (χ4v) is 7.83. The van der Waals surface area contributed by atoms with Crippen LogP contribution in [0.25, 0.3) is 0 Å². The van der Waals surface area contributed by atoms with Gasteiger partial charge in [-0.2, -0.15) is 0 Å². The second-order valence-corrected chi connectivity index (χ2v) is 19.2. The van der Waals surface area contributed by atoms with E-state index in [4.69, 9.17) is 14.2 Å². The van der Waals surface area contributed by atoms with Crippen LogP contribution in [-0.4, -0.2) is 37.2 Å². The van der Waals surface area contributed by atoms with Crippen LogP contribution in [-0.2, 0) is 28.6 Å². The van der Waals surface area contributed by atoms with Crippen molar-refractivity contribution in [3.05, 3.63) is 109 Å². The highest BCUT2D eigenvalue weighted by Crippen LogP contribution is 2.14. The van der Waals surface area contributed by atoms with Gasteiger partial charge in [0.1, 0.15) is 13.2 Å². The lowest BCUT2D eigenvalue weighted by atomic mass is 10.1. The molecule has 0 N–H and O–H groups in total. The summed E-state index contributed by atoms with van der Waals surface area (Å²) in [6.45, 7) is 6.41. The highest BCUT2D eigenvalue weighted by atomic mass is 16.6. The number of carbonyl (C=O) groups is 3. The number of esters is 3. The topological polar surface area (TPSA) is 78.9 Å². The lowest BCUT2D eigenvalue weighted by Gasteiger charge is -2.18. The van der Waals surface area contributed by atoms with E-state index < -0.39 is 6.10 Å². The van der Waals surface area contributed by atoms with Crippen LogP contribution in [0.1, 0.15) is 265 Å². The van der Waals surface area contributed by atoms with E-state index in [0.717, 1.165) is 148 Å². The van der Waals surface area contributed by atoms with Gasteiger partial charge >= 0.3 is 17.9 Å². The minimum absolute atomic E-state index is 0.0937. The van der Waals surface area contributed by atoms with Gasteiger partial charge in [0.05, 0.1) is 0 Å². The Morgan fingerprint density at radius 3 is 0.915 bits per heavy atom. The van der Waals surface area contributed by atoms with Crippen LogP contribution in [0.3, 0.4) is 0 Å². The van der Waals surface area contributed by atoms with Gasteiger partial charge in [-0.1, -0.05) is 233 Å². The molecule has 0 saturated carbocycles. The number of rotatable bonds is 52. The normalized spacial score (nSPS) is 12.9. The molecule has 0 aliphatic heterocycles. The van der Waals surface area contributed by atoms with Crippen molar-refractivity contribution in [2.24, 2.45) is 0 Å². The SMILES string of the molecule is CC/C=C\C/C=C\C/C=C\C/C=C\CCCCCCCCCCC(=O)OCC(COC(=O)CCCCCCC/C=C\C/C=C\CCC)OC(=O)CCCCCCCC/C=C\C/C=C\C/C=C\CCCCC. The van der Waals surface area contributed by atoms with E-state index in [1.54, 1.807) is 0 Å². The van der Waals surface area contributed by atoms with E-state index in [-0.39, 0.29) is 31.1 Å². The predicted molar refractivity (Wildman–Crippen MR) is 307 cm³/mol. The van der Waals surface area contributed by atoms with E-state index >= 15 is 0 Å². The van der Waals surface area contributed by atoms with Crippen molar-refractivity contribution < 1.29 is 28.6 Å². The van der Waals surface area contributed by atoms with Crippen molar-refractivity contribution in [2.75, 3.05) is 13.2 Å². The molecule has 404 valence electrons. The third kappa shape index (κ3) is 56.9. The summed E-state index contributed by atoms with van der Waals surface area (Å²) in [6.07, 6.45) is 79.3. The molecular weight excluding hydrogens is 877 g/mol. The Morgan fingerprint density at radius 2 is 0.577 bits per heavy atom. The Kier molecular flexibility index (Phi) is 55.4. The summed E-state index contributed by atoms with van der Waals surface area (Å²) in [6, 6.07) is 0. The molecule has 0 rings (SSSR count). The monoisotopic (exact) mass is 985 g/mol. The van der Waals surface area contributed by atoms with Crippen LogP contribution < -0.4 is 0 Å². The second kappa shape index (κ2) is 58.6. The molecule has 1 unspecified atom stereocenters. The van der Waals surface area contributed by atoms with Crippen LogP contribution >= 0.6 is 0 Å². The number of unbranched alkanes of at least 4 members (excludes halogenated alkanes) is 23. The second-order valence-electron chi connectivity index (χ2n) is 19.2. The van der Waals surface area contributed by atoms with Crippen molar-refractivity contribution in [3.8, 4) is 0 Å². The molecule has 0 amide bonds. The molecule has 0 radical (unpaired) electrons. The van der Waals surface area contributed by atoms with Crippen molar-refractivity contribution in [2.45, 2.75) is 271 Å². The number of ether oxygens (including phenoxy) is 3. The highest BCUT2D eigenvalue weighted by molar-refractivity contribution is 5.71. The molecule has 0 heterocycles. The average Bonchev–Trinajstić information content (AvgIpc) is 3.37. The number of carbonyl (C=O) groups excluding carboxylic acids is 3. The summed E-state index contributed by atoms with van der Waals surface area (Å²) in [5.41, 5.74) is 0. The van der Waals surface area contributed by atoms with Crippen molar-refractivity contribution in [3.63, 3.8) is 0 Å². The standard InChI is InChI=1S/C65H108O6/c1-4-7-10-13-16-19-22-25-27-29-31-32-34-35-37-40-43-46-49-52-55-58-64(67)70-61-62(60-69-63(66)57-54-51-48-45-42-39-24-21-18-15-12-9-6-3)71-65(68)59-56-53-50-47-44-41-38-36-33-30-28-26-23-20-17-14-11-8-5-2/h7,10,12,15-17,19-21,24-28,31-33,36,62H,4-6,8-9,11,13-14,18,22-23,29-30,34-35,37-61H2,1-3H3/b10-7-,15-12-,19-16-,20-17-,24-21-,27-25-,28-26-,32-31-,36-33-. The van der Waals surface area contributed by atoms with E-state index in [2.05, 4.69) is 130 Å². The average molecular weight is 986 g/mol. The molecule has 0 fully saturated rings. The molecule has 0 aromatic heterocycles. The fourth-order valence-electron chi connectivity index (χ4n) is 7.83. The number of allylic oxidation sites excluding steroid dienone is 18. The molecule has 71 heavy (non-hydrogen) atoms. The van der Waals surface area contributed by atoms with Crippen molar-refractivity contribution >= 4 is 17.9 Å². The molecule has 0 aromatic rings. The minimum atomic E-state index is -0.797. The smallest absolute Gasteiger partial charge is 0.306 e. The molecule has 0 aliphatic carbocycles. The maximum absolute atomic E-state index is 12.9. The summed E-state index contributed by atoms with van der Waals surface area (Å²) < 4.78 is 16.9. The van der Waals surface area contributed by atoms with Gasteiger partial charge in [0.15, 0.2) is 6.10 Å². The predicted octanol–water partition coefficient (Wildman–Crippen LogP) is 19.9. The maximum Gasteiger partial charge on any atom is 0.306 e. The van der Waals surface area contributed by atoms with Crippen LogP contribution in [0, 0.1) is 0 Å². The summed E-state index contributed by atoms with van der Waals surface area (Å²) in [4.78, 5) is 38.2. The molecule has 0 bridgehead atoms. The van der Waals surface area contributed by atoms with E-state index in [9.17, 15) is 14.4 Å². The lowest BCUT2D eigenvalue weighted by Crippen LogP contribution is -2.30. The zero-order valence-electron chi connectivity index (χ0n) is 46.2. The quantitative estimate of drug-likeness (QED) is 0.0261. The van der Waals surface area contributed by atoms with E-state index in [1.807, 2.05) is 0 Å². The molecule has 0 saturated heterocycles. The first-order valence-electron chi connectivity index (χ1n) is 29.4. The van der Waals surface area contributed by atoms with Gasteiger partial charge in [0.25, 0.3) is 0 Å². The Morgan fingerprint density at radius 1 is 0.296 bits per heavy atom. The molecule has 1 atom stereocenters. The van der Waals surface area contributed by atoms with Crippen LogP contribution in [0.15, 0.2) is 109 Å². The van der Waals surface area contributed by atoms with Gasteiger partial charge < -0.3 is 14.2 Å². The Bertz CT molecular complexity index is 1460. The Hall–Kier alpha value is -3.93. The fraction of sp³-hybridized carbons (Fsp3) is 0.677. The van der Waals surface area contributed by atoms with E-state index in [0.29, 0.717) is 19.3 Å². The van der Waals surface area contributed by atoms with Crippen molar-refractivity contribution in [1.29, 1.82) is 0 Å². The number of hydrogen-bond donors (Lipinski definition) is 0. The maximum atomic E-state index is 12.9. The summed E-state index contributed by atoms with van der Waals surface area (Å²) in [5.74, 6) is -0.927. The third-order valence-electron chi connectivity index (χ3n) is 12.2.